The smallest absolute Gasteiger partial charge is 0.255 e. The van der Waals surface area contributed by atoms with Gasteiger partial charge in [0.05, 0.1) is 11.1 Å². The Labute approximate surface area is 143 Å². The Morgan fingerprint density at radius 2 is 2.16 bits per heavy atom. The number of azide groups is 1. The lowest BCUT2D eigenvalue weighted by Gasteiger charge is -2.28. The molecule has 0 saturated carbocycles. The van der Waals surface area contributed by atoms with Crippen molar-refractivity contribution in [2.45, 2.75) is 6.17 Å². The molecule has 0 fully saturated rings. The van der Waals surface area contributed by atoms with Crippen LogP contribution in [0.15, 0.2) is 59.9 Å². The first-order chi connectivity index (χ1) is 12.0. The van der Waals surface area contributed by atoms with Gasteiger partial charge in [0.1, 0.15) is 18.6 Å². The fourth-order valence-corrected chi connectivity index (χ4v) is 2.34. The minimum atomic E-state index is -0.818. The van der Waals surface area contributed by atoms with E-state index in [0.717, 1.165) is 0 Å². The summed E-state index contributed by atoms with van der Waals surface area (Å²) in [4.78, 5) is 26.6. The number of hydrogen-bond donors (Lipinski definition) is 3. The molecule has 1 aromatic carbocycles. The summed E-state index contributed by atoms with van der Waals surface area (Å²) in [7, 11) is 0. The van der Waals surface area contributed by atoms with Gasteiger partial charge >= 0.3 is 0 Å². The molecule has 1 aliphatic heterocycles. The molecular weight excluding hydrogens is 324 g/mol. The minimum absolute atomic E-state index is 0.0375. The first kappa shape index (κ1) is 17.8. The first-order valence-electron chi connectivity index (χ1n) is 7.18. The van der Waals surface area contributed by atoms with E-state index in [9.17, 15) is 9.59 Å². The maximum Gasteiger partial charge on any atom is 0.255 e. The zero-order valence-corrected chi connectivity index (χ0v) is 13.2. The molecule has 128 valence electrons. The van der Waals surface area contributed by atoms with Gasteiger partial charge in [-0.25, -0.2) is 0 Å². The number of nitrogens with one attached hydrogen (secondary N) is 2. The molecule has 9 nitrogen and oxygen atoms in total. The maximum atomic E-state index is 12.2. The van der Waals surface area contributed by atoms with E-state index < -0.39 is 12.1 Å². The number of carbonyl (C=O) groups is 2. The number of hydrogen-bond acceptors (Lipinski definition) is 5. The number of amides is 2. The molecule has 0 aliphatic carbocycles. The average Bonchev–Trinajstić information content (AvgIpc) is 2.61. The normalized spacial score (nSPS) is 16.2. The second kappa shape index (κ2) is 7.82. The van der Waals surface area contributed by atoms with E-state index in [4.69, 9.17) is 16.0 Å². The Bertz CT molecular complexity index is 823. The Balaban J connectivity index is 2.45. The number of allylic oxidation sites excluding steroid dienone is 1. The van der Waals surface area contributed by atoms with Crippen molar-refractivity contribution in [3.05, 3.63) is 76.3 Å². The van der Waals surface area contributed by atoms with Crippen LogP contribution in [0.4, 0.5) is 0 Å². The van der Waals surface area contributed by atoms with Gasteiger partial charge in [-0.2, -0.15) is 0 Å². The molecule has 1 aromatic rings. The van der Waals surface area contributed by atoms with Gasteiger partial charge in [-0.05, 0) is 34.4 Å². The van der Waals surface area contributed by atoms with E-state index in [0.29, 0.717) is 16.8 Å². The predicted molar refractivity (Wildman–Crippen MR) is 91.0 cm³/mol. The lowest BCUT2D eigenvalue weighted by atomic mass is 10.0. The molecule has 9 heteroatoms. The van der Waals surface area contributed by atoms with Crippen LogP contribution in [0.2, 0.25) is 0 Å². The molecule has 1 aliphatic rings. The van der Waals surface area contributed by atoms with E-state index >= 15 is 0 Å². The molecule has 1 unspecified atom stereocenters. The third-order valence-corrected chi connectivity index (χ3v) is 3.46. The SMILES string of the molecule is C=CC1=C(C=C)C(=O)NC(c2ccc(OCN)c(C(=O)N=[N+]=[N-])c2)N1. The zero-order valence-electron chi connectivity index (χ0n) is 13.2. The summed E-state index contributed by atoms with van der Waals surface area (Å²) in [6.45, 7) is 7.10. The van der Waals surface area contributed by atoms with Gasteiger partial charge in [-0.1, -0.05) is 25.3 Å². The molecule has 0 bridgehead atoms. The highest BCUT2D eigenvalue weighted by atomic mass is 16.5. The molecule has 4 N–H and O–H groups in total. The van der Waals surface area contributed by atoms with Crippen molar-refractivity contribution >= 4 is 11.8 Å². The van der Waals surface area contributed by atoms with Crippen molar-refractivity contribution in [3.8, 4) is 5.75 Å². The summed E-state index contributed by atoms with van der Waals surface area (Å²) in [6.07, 6.45) is 2.30. The van der Waals surface area contributed by atoms with Gasteiger partial charge in [-0.15, -0.1) is 0 Å². The number of carbonyl (C=O) groups excluding carboxylic acids is 2. The average molecular weight is 340 g/mol. The van der Waals surface area contributed by atoms with Crippen LogP contribution in [0.3, 0.4) is 0 Å². The van der Waals surface area contributed by atoms with Gasteiger partial charge in [0.15, 0.2) is 0 Å². The third-order valence-electron chi connectivity index (χ3n) is 3.46. The van der Waals surface area contributed by atoms with Crippen LogP contribution >= 0.6 is 0 Å². The minimum Gasteiger partial charge on any atom is -0.478 e. The Morgan fingerprint density at radius 1 is 1.40 bits per heavy atom. The first-order valence-corrected chi connectivity index (χ1v) is 7.18. The van der Waals surface area contributed by atoms with Crippen LogP contribution in [-0.2, 0) is 4.79 Å². The van der Waals surface area contributed by atoms with Crippen LogP contribution in [0.25, 0.3) is 10.4 Å². The summed E-state index contributed by atoms with van der Waals surface area (Å²) in [5.41, 5.74) is 15.3. The maximum absolute atomic E-state index is 12.2. The third kappa shape index (κ3) is 3.69. The Kier molecular flexibility index (Phi) is 5.57. The molecule has 1 heterocycles. The van der Waals surface area contributed by atoms with Crippen molar-refractivity contribution < 1.29 is 14.3 Å². The number of nitrogens with two attached hydrogens (primary N) is 1. The van der Waals surface area contributed by atoms with Crippen molar-refractivity contribution in [1.82, 2.24) is 10.6 Å². The van der Waals surface area contributed by atoms with E-state index in [1.165, 1.54) is 24.3 Å². The van der Waals surface area contributed by atoms with Gasteiger partial charge in [0.25, 0.3) is 11.8 Å². The highest BCUT2D eigenvalue weighted by molar-refractivity contribution is 5.99. The summed E-state index contributed by atoms with van der Waals surface area (Å²) < 4.78 is 5.17. The van der Waals surface area contributed by atoms with Crippen molar-refractivity contribution in [1.29, 1.82) is 0 Å². The predicted octanol–water partition coefficient (Wildman–Crippen LogP) is 1.78. The molecule has 2 amide bonds. The van der Waals surface area contributed by atoms with Crippen molar-refractivity contribution in [2.24, 2.45) is 10.8 Å². The summed E-state index contributed by atoms with van der Waals surface area (Å²) in [5.74, 6) is -0.975. The van der Waals surface area contributed by atoms with E-state index in [2.05, 4.69) is 33.8 Å². The van der Waals surface area contributed by atoms with Crippen LogP contribution in [-0.4, -0.2) is 18.5 Å². The molecule has 0 saturated heterocycles. The quantitative estimate of drug-likeness (QED) is 0.313. The molecule has 0 spiro atoms. The molecule has 0 radical (unpaired) electrons. The van der Waals surface area contributed by atoms with E-state index in [1.54, 1.807) is 6.07 Å². The highest BCUT2D eigenvalue weighted by Gasteiger charge is 2.25. The van der Waals surface area contributed by atoms with Gasteiger partial charge in [0, 0.05) is 10.6 Å². The standard InChI is InChI=1S/C16H16N6O3/c1-3-10-12(4-2)19-14(20-15(10)23)9-5-6-13(25-8-17)11(7-9)16(24)21-22-18/h3-7,14,19H,1-2,8,17H2,(H,20,23). The summed E-state index contributed by atoms with van der Waals surface area (Å²) in [6, 6.07) is 4.62. The van der Waals surface area contributed by atoms with Crippen LogP contribution in [0, 0.1) is 0 Å². The summed E-state index contributed by atoms with van der Waals surface area (Å²) >= 11 is 0. The van der Waals surface area contributed by atoms with Crippen LogP contribution in [0.5, 0.6) is 5.75 Å². The fourth-order valence-electron chi connectivity index (χ4n) is 2.34. The lowest BCUT2D eigenvalue weighted by Crippen LogP contribution is -2.43. The van der Waals surface area contributed by atoms with Crippen LogP contribution in [0.1, 0.15) is 22.1 Å². The Hall–Kier alpha value is -3.55. The van der Waals surface area contributed by atoms with Crippen molar-refractivity contribution in [3.63, 3.8) is 0 Å². The monoisotopic (exact) mass is 340 g/mol. The largest absolute Gasteiger partial charge is 0.478 e. The molecule has 1 atom stereocenters. The second-order valence-electron chi connectivity index (χ2n) is 4.85. The van der Waals surface area contributed by atoms with Gasteiger partial charge < -0.3 is 15.4 Å². The van der Waals surface area contributed by atoms with Crippen LogP contribution < -0.4 is 21.1 Å². The molecule has 0 aromatic heterocycles. The topological polar surface area (TPSA) is 142 Å². The zero-order chi connectivity index (χ0) is 18.4. The van der Waals surface area contributed by atoms with Gasteiger partial charge in [0.2, 0.25) is 0 Å². The van der Waals surface area contributed by atoms with Gasteiger partial charge in [-0.3, -0.25) is 15.3 Å². The van der Waals surface area contributed by atoms with Crippen molar-refractivity contribution in [2.75, 3.05) is 6.73 Å². The number of nitrogens with zero attached hydrogens (tertiary/aromatic N) is 3. The van der Waals surface area contributed by atoms with E-state index in [-0.39, 0.29) is 24.0 Å². The highest BCUT2D eigenvalue weighted by Crippen LogP contribution is 2.26. The second-order valence-corrected chi connectivity index (χ2v) is 4.85. The lowest BCUT2D eigenvalue weighted by molar-refractivity contribution is -0.118. The summed E-state index contributed by atoms with van der Waals surface area (Å²) in [5, 5.41) is 8.89. The van der Waals surface area contributed by atoms with E-state index in [1.807, 2.05) is 0 Å². The fraction of sp³-hybridized carbons (Fsp3) is 0.125. The number of rotatable bonds is 6. The number of benzene rings is 1. The molecule has 25 heavy (non-hydrogen) atoms. The number of ether oxygens (including phenoxy) is 1. The molecule has 2 rings (SSSR count). The Morgan fingerprint density at radius 3 is 2.76 bits per heavy atom. The molecular formula is C16H16N6O3.